The monoisotopic (exact) mass is 322 g/mol. The summed E-state index contributed by atoms with van der Waals surface area (Å²) in [4.78, 5) is 11.9. The van der Waals surface area contributed by atoms with Crippen LogP contribution in [-0.2, 0) is 11.3 Å². The number of halogens is 2. The molecule has 5 nitrogen and oxygen atoms in total. The van der Waals surface area contributed by atoms with Crippen molar-refractivity contribution < 1.29 is 4.79 Å². The van der Waals surface area contributed by atoms with E-state index in [4.69, 9.17) is 5.73 Å². The molecule has 0 spiro atoms. The molecule has 0 bridgehead atoms. The van der Waals surface area contributed by atoms with Gasteiger partial charge in [0, 0.05) is 30.9 Å². The molecular weight excluding hydrogens is 299 g/mol. The number of rotatable bonds is 5. The smallest absolute Gasteiger partial charge is 0.220 e. The summed E-state index contributed by atoms with van der Waals surface area (Å²) in [7, 11) is 0. The van der Waals surface area contributed by atoms with Gasteiger partial charge in [0.1, 0.15) is 0 Å². The largest absolute Gasteiger partial charge is 0.352 e. The van der Waals surface area contributed by atoms with Crippen LogP contribution in [0.5, 0.6) is 0 Å². The predicted molar refractivity (Wildman–Crippen MR) is 84.3 cm³/mol. The van der Waals surface area contributed by atoms with Crippen molar-refractivity contribution in [3.8, 4) is 0 Å². The van der Waals surface area contributed by atoms with Gasteiger partial charge in [-0.05, 0) is 31.7 Å². The summed E-state index contributed by atoms with van der Waals surface area (Å²) < 4.78 is 1.83. The molecule has 0 radical (unpaired) electrons. The Hall–Kier alpha value is -0.780. The molecule has 0 aromatic carbocycles. The Morgan fingerprint density at radius 3 is 2.80 bits per heavy atom. The molecule has 1 aromatic rings. The van der Waals surface area contributed by atoms with E-state index in [1.807, 2.05) is 23.9 Å². The fourth-order valence-electron chi connectivity index (χ4n) is 2.63. The van der Waals surface area contributed by atoms with Gasteiger partial charge in [0.15, 0.2) is 0 Å². The first-order chi connectivity index (χ1) is 8.65. The highest BCUT2D eigenvalue weighted by molar-refractivity contribution is 5.85. The SMILES string of the molecule is CC(Cn1cccn1)NC(=O)C[C@@H]1CCC[C@H]1N.Cl.Cl. The van der Waals surface area contributed by atoms with Gasteiger partial charge in [0.25, 0.3) is 0 Å². The number of carbonyl (C=O) groups excluding carboxylic acids is 1. The van der Waals surface area contributed by atoms with E-state index in [-0.39, 0.29) is 42.8 Å². The molecule has 1 aliphatic rings. The molecule has 1 aromatic heterocycles. The Kier molecular flexibility index (Phi) is 8.85. The molecule has 2 rings (SSSR count). The highest BCUT2D eigenvalue weighted by atomic mass is 35.5. The molecule has 1 aliphatic carbocycles. The lowest BCUT2D eigenvalue weighted by molar-refractivity contribution is -0.122. The quantitative estimate of drug-likeness (QED) is 0.867. The summed E-state index contributed by atoms with van der Waals surface area (Å²) in [6, 6.07) is 2.18. The van der Waals surface area contributed by atoms with Crippen LogP contribution in [0.4, 0.5) is 0 Å². The Labute approximate surface area is 132 Å². The first-order valence-corrected chi connectivity index (χ1v) is 6.67. The third-order valence-corrected chi connectivity index (χ3v) is 3.59. The van der Waals surface area contributed by atoms with Gasteiger partial charge in [0.05, 0.1) is 6.54 Å². The van der Waals surface area contributed by atoms with Gasteiger partial charge in [-0.3, -0.25) is 9.48 Å². The molecule has 3 atom stereocenters. The molecular formula is C13H24Cl2N4O. The van der Waals surface area contributed by atoms with E-state index < -0.39 is 0 Å². The minimum atomic E-state index is 0. The molecule has 1 unspecified atom stereocenters. The standard InChI is InChI=1S/C13H22N4O.2ClH/c1-10(9-17-7-3-6-15-17)16-13(18)8-11-4-2-5-12(11)14;;/h3,6-7,10-12H,2,4-5,8-9,14H2,1H3,(H,16,18);2*1H/t10?,11-,12+;;/m0../s1. The second-order valence-corrected chi connectivity index (χ2v) is 5.26. The van der Waals surface area contributed by atoms with Crippen molar-refractivity contribution in [2.24, 2.45) is 11.7 Å². The summed E-state index contributed by atoms with van der Waals surface area (Å²) in [6.07, 6.45) is 7.50. The lowest BCUT2D eigenvalue weighted by Crippen LogP contribution is -2.38. The average Bonchev–Trinajstić information content (AvgIpc) is 2.91. The summed E-state index contributed by atoms with van der Waals surface area (Å²) in [6.45, 7) is 2.70. The van der Waals surface area contributed by atoms with Crippen molar-refractivity contribution >= 4 is 30.7 Å². The Balaban J connectivity index is 0.00000180. The molecule has 1 fully saturated rings. The van der Waals surface area contributed by atoms with Gasteiger partial charge in [-0.15, -0.1) is 24.8 Å². The highest BCUT2D eigenvalue weighted by Crippen LogP contribution is 2.26. The highest BCUT2D eigenvalue weighted by Gasteiger charge is 2.26. The van der Waals surface area contributed by atoms with Crippen LogP contribution in [0, 0.1) is 5.92 Å². The summed E-state index contributed by atoms with van der Waals surface area (Å²) in [5, 5.41) is 7.13. The van der Waals surface area contributed by atoms with Crippen molar-refractivity contribution in [3.05, 3.63) is 18.5 Å². The number of nitrogens with zero attached hydrogens (tertiary/aromatic N) is 2. The summed E-state index contributed by atoms with van der Waals surface area (Å²) in [5.41, 5.74) is 5.97. The zero-order valence-electron chi connectivity index (χ0n) is 11.7. The van der Waals surface area contributed by atoms with Gasteiger partial charge < -0.3 is 11.1 Å². The van der Waals surface area contributed by atoms with Gasteiger partial charge >= 0.3 is 0 Å². The van der Waals surface area contributed by atoms with Crippen molar-refractivity contribution in [1.29, 1.82) is 0 Å². The van der Waals surface area contributed by atoms with E-state index in [2.05, 4.69) is 10.4 Å². The maximum Gasteiger partial charge on any atom is 0.220 e. The molecule has 1 saturated carbocycles. The fourth-order valence-corrected chi connectivity index (χ4v) is 2.63. The summed E-state index contributed by atoms with van der Waals surface area (Å²) >= 11 is 0. The normalized spacial score (nSPS) is 22.5. The first kappa shape index (κ1) is 19.2. The number of nitrogens with one attached hydrogen (secondary N) is 1. The second kappa shape index (κ2) is 9.21. The zero-order valence-corrected chi connectivity index (χ0v) is 13.3. The maximum atomic E-state index is 11.9. The van der Waals surface area contributed by atoms with E-state index in [0.717, 1.165) is 19.3 Å². The number of hydrogen-bond donors (Lipinski definition) is 2. The zero-order chi connectivity index (χ0) is 13.0. The van der Waals surface area contributed by atoms with Crippen LogP contribution >= 0.6 is 24.8 Å². The summed E-state index contributed by atoms with van der Waals surface area (Å²) in [5.74, 6) is 0.471. The molecule has 116 valence electrons. The Bertz CT molecular complexity index is 386. The average molecular weight is 323 g/mol. The topological polar surface area (TPSA) is 72.9 Å². The van der Waals surface area contributed by atoms with Crippen LogP contribution in [0.25, 0.3) is 0 Å². The van der Waals surface area contributed by atoms with Crippen LogP contribution in [0.1, 0.15) is 32.6 Å². The number of nitrogens with two attached hydrogens (primary N) is 1. The van der Waals surface area contributed by atoms with Crippen molar-refractivity contribution in [2.45, 2.75) is 51.2 Å². The van der Waals surface area contributed by atoms with Gasteiger partial charge in [0.2, 0.25) is 5.91 Å². The third-order valence-electron chi connectivity index (χ3n) is 3.59. The third kappa shape index (κ3) is 5.69. The minimum absolute atomic E-state index is 0. The molecule has 1 heterocycles. The minimum Gasteiger partial charge on any atom is -0.352 e. The molecule has 7 heteroatoms. The number of hydrogen-bond acceptors (Lipinski definition) is 3. The van der Waals surface area contributed by atoms with E-state index in [1.165, 1.54) is 0 Å². The number of carbonyl (C=O) groups is 1. The molecule has 1 amide bonds. The number of aromatic nitrogens is 2. The van der Waals surface area contributed by atoms with Gasteiger partial charge in [-0.25, -0.2) is 0 Å². The van der Waals surface area contributed by atoms with E-state index in [1.54, 1.807) is 6.20 Å². The van der Waals surface area contributed by atoms with Crippen molar-refractivity contribution in [3.63, 3.8) is 0 Å². The van der Waals surface area contributed by atoms with Gasteiger partial charge in [-0.1, -0.05) is 6.42 Å². The van der Waals surface area contributed by atoms with Crippen molar-refractivity contribution in [2.75, 3.05) is 0 Å². The van der Waals surface area contributed by atoms with Crippen LogP contribution in [0.2, 0.25) is 0 Å². The molecule has 3 N–H and O–H groups in total. The molecule has 0 aliphatic heterocycles. The van der Waals surface area contributed by atoms with Gasteiger partial charge in [-0.2, -0.15) is 5.10 Å². The molecule has 20 heavy (non-hydrogen) atoms. The number of amides is 1. The lowest BCUT2D eigenvalue weighted by Gasteiger charge is -2.18. The lowest BCUT2D eigenvalue weighted by atomic mass is 10.00. The molecule has 0 saturated heterocycles. The van der Waals surface area contributed by atoms with E-state index >= 15 is 0 Å². The van der Waals surface area contributed by atoms with Crippen molar-refractivity contribution in [1.82, 2.24) is 15.1 Å². The Morgan fingerprint density at radius 2 is 2.25 bits per heavy atom. The first-order valence-electron chi connectivity index (χ1n) is 6.67. The van der Waals surface area contributed by atoms with E-state index in [9.17, 15) is 4.79 Å². The van der Waals surface area contributed by atoms with Crippen LogP contribution < -0.4 is 11.1 Å². The second-order valence-electron chi connectivity index (χ2n) is 5.26. The van der Waals surface area contributed by atoms with Crippen LogP contribution in [0.15, 0.2) is 18.5 Å². The van der Waals surface area contributed by atoms with Crippen LogP contribution in [-0.4, -0.2) is 27.8 Å². The predicted octanol–water partition coefficient (Wildman–Crippen LogP) is 1.75. The van der Waals surface area contributed by atoms with E-state index in [0.29, 0.717) is 18.9 Å². The maximum absolute atomic E-state index is 11.9. The van der Waals surface area contributed by atoms with Crippen LogP contribution in [0.3, 0.4) is 0 Å². The Morgan fingerprint density at radius 1 is 1.50 bits per heavy atom. The fraction of sp³-hybridized carbons (Fsp3) is 0.692.